The highest BCUT2D eigenvalue weighted by Gasteiger charge is 2.58. The molecule has 4 rings (SSSR count). The van der Waals surface area contributed by atoms with Crippen molar-refractivity contribution in [3.8, 4) is 5.75 Å². The monoisotopic (exact) mass is 432 g/mol. The van der Waals surface area contributed by atoms with Gasteiger partial charge in [0.1, 0.15) is 17.2 Å². The molecule has 1 spiro atoms. The summed E-state index contributed by atoms with van der Waals surface area (Å²) < 4.78 is 20.3. The van der Waals surface area contributed by atoms with Gasteiger partial charge in [-0.2, -0.15) is 0 Å². The maximum atomic E-state index is 13.2. The van der Waals surface area contributed by atoms with Gasteiger partial charge in [-0.15, -0.1) is 0 Å². The number of hydrogen-bond donors (Lipinski definition) is 1. The number of benzene rings is 2. The van der Waals surface area contributed by atoms with Gasteiger partial charge in [0, 0.05) is 29.9 Å². The number of fused-ring (bicyclic) bond motifs is 2. The molecule has 2 aromatic carbocycles. The third-order valence-electron chi connectivity index (χ3n) is 5.18. The minimum atomic E-state index is -1.18. The number of nitrogens with zero attached hydrogens (tertiary/aromatic N) is 1. The zero-order valence-corrected chi connectivity index (χ0v) is 16.5. The van der Waals surface area contributed by atoms with E-state index >= 15 is 0 Å². The first-order valence-corrected chi connectivity index (χ1v) is 9.36. The molecule has 0 aromatic heterocycles. The van der Waals surface area contributed by atoms with Gasteiger partial charge in [-0.1, -0.05) is 28.1 Å². The lowest BCUT2D eigenvalue weighted by Crippen LogP contribution is -2.55. The standard InChI is InChI=1S/C20H18BrFN2O3/c1-19(10-12-3-6-14(22)7-4-12)11-20(17(25)24(2)18(26)23-20)15-9-13(21)5-8-16(15)27-19/h3-9H,10-11H2,1-2H3,(H,23,26). The van der Waals surface area contributed by atoms with Crippen LogP contribution < -0.4 is 10.1 Å². The summed E-state index contributed by atoms with van der Waals surface area (Å²) in [7, 11) is 1.47. The van der Waals surface area contributed by atoms with Crippen LogP contribution in [-0.4, -0.2) is 29.5 Å². The van der Waals surface area contributed by atoms with Gasteiger partial charge >= 0.3 is 6.03 Å². The lowest BCUT2D eigenvalue weighted by molar-refractivity contribution is -0.134. The second-order valence-electron chi connectivity index (χ2n) is 7.37. The largest absolute Gasteiger partial charge is 0.487 e. The third-order valence-corrected chi connectivity index (χ3v) is 5.68. The Labute approximate surface area is 164 Å². The molecule has 0 aliphatic carbocycles. The average molecular weight is 433 g/mol. The molecule has 0 bridgehead atoms. The Kier molecular flexibility index (Phi) is 4.03. The van der Waals surface area contributed by atoms with Gasteiger partial charge in [0.2, 0.25) is 0 Å². The fourth-order valence-corrected chi connectivity index (χ4v) is 4.38. The molecule has 1 saturated heterocycles. The Hall–Kier alpha value is -2.41. The second-order valence-corrected chi connectivity index (χ2v) is 8.29. The lowest BCUT2D eigenvalue weighted by atomic mass is 9.75. The number of imide groups is 1. The van der Waals surface area contributed by atoms with Crippen molar-refractivity contribution >= 4 is 27.9 Å². The molecule has 2 atom stereocenters. The maximum Gasteiger partial charge on any atom is 0.325 e. The molecule has 0 saturated carbocycles. The molecule has 140 valence electrons. The summed E-state index contributed by atoms with van der Waals surface area (Å²) in [5.74, 6) is -0.0570. The Morgan fingerprint density at radius 1 is 1.22 bits per heavy atom. The van der Waals surface area contributed by atoms with E-state index in [4.69, 9.17) is 4.74 Å². The molecule has 1 N–H and O–H groups in total. The molecular weight excluding hydrogens is 415 g/mol. The molecule has 0 radical (unpaired) electrons. The topological polar surface area (TPSA) is 58.6 Å². The number of rotatable bonds is 2. The Morgan fingerprint density at radius 3 is 2.56 bits per heavy atom. The smallest absolute Gasteiger partial charge is 0.325 e. The number of amides is 3. The lowest BCUT2D eigenvalue weighted by Gasteiger charge is -2.44. The molecule has 7 heteroatoms. The minimum Gasteiger partial charge on any atom is -0.487 e. The highest BCUT2D eigenvalue weighted by Crippen LogP contribution is 2.48. The van der Waals surface area contributed by atoms with Gasteiger partial charge in [0.05, 0.1) is 0 Å². The molecule has 2 unspecified atom stereocenters. The third kappa shape index (κ3) is 2.90. The molecular formula is C20H18BrFN2O3. The van der Waals surface area contributed by atoms with E-state index in [0.717, 1.165) is 14.9 Å². The summed E-state index contributed by atoms with van der Waals surface area (Å²) >= 11 is 3.43. The van der Waals surface area contributed by atoms with Crippen molar-refractivity contribution in [2.24, 2.45) is 0 Å². The highest BCUT2D eigenvalue weighted by molar-refractivity contribution is 9.10. The van der Waals surface area contributed by atoms with Crippen molar-refractivity contribution < 1.29 is 18.7 Å². The van der Waals surface area contributed by atoms with E-state index in [9.17, 15) is 14.0 Å². The number of urea groups is 1. The van der Waals surface area contributed by atoms with Crippen molar-refractivity contribution in [1.29, 1.82) is 0 Å². The van der Waals surface area contributed by atoms with Crippen LogP contribution in [0.15, 0.2) is 46.9 Å². The van der Waals surface area contributed by atoms with E-state index in [2.05, 4.69) is 21.2 Å². The van der Waals surface area contributed by atoms with E-state index in [1.807, 2.05) is 19.1 Å². The Bertz CT molecular complexity index is 949. The summed E-state index contributed by atoms with van der Waals surface area (Å²) in [6.45, 7) is 1.90. The van der Waals surface area contributed by atoms with Gasteiger partial charge in [-0.05, 0) is 42.8 Å². The van der Waals surface area contributed by atoms with Crippen LogP contribution in [0, 0.1) is 5.82 Å². The van der Waals surface area contributed by atoms with E-state index in [0.29, 0.717) is 17.7 Å². The normalized spacial score (nSPS) is 26.7. The van der Waals surface area contributed by atoms with Crippen molar-refractivity contribution in [2.75, 3.05) is 7.05 Å². The number of carbonyl (C=O) groups is 2. The quantitative estimate of drug-likeness (QED) is 0.735. The van der Waals surface area contributed by atoms with Gasteiger partial charge < -0.3 is 10.1 Å². The predicted molar refractivity (Wildman–Crippen MR) is 101 cm³/mol. The summed E-state index contributed by atoms with van der Waals surface area (Å²) in [4.78, 5) is 26.4. The first-order chi connectivity index (χ1) is 12.7. The van der Waals surface area contributed by atoms with Gasteiger partial charge in [-0.25, -0.2) is 9.18 Å². The molecule has 2 aliphatic heterocycles. The van der Waals surface area contributed by atoms with Crippen LogP contribution in [-0.2, 0) is 16.8 Å². The van der Waals surface area contributed by atoms with Gasteiger partial charge in [0.25, 0.3) is 5.91 Å². The Morgan fingerprint density at radius 2 is 1.93 bits per heavy atom. The van der Waals surface area contributed by atoms with Crippen LogP contribution in [0.4, 0.5) is 9.18 Å². The van der Waals surface area contributed by atoms with Crippen LogP contribution in [0.1, 0.15) is 24.5 Å². The molecule has 3 amide bonds. The van der Waals surface area contributed by atoms with Crippen LogP contribution >= 0.6 is 15.9 Å². The van der Waals surface area contributed by atoms with E-state index < -0.39 is 17.2 Å². The number of hydrogen-bond acceptors (Lipinski definition) is 3. The molecule has 1 fully saturated rings. The fraction of sp³-hybridized carbons (Fsp3) is 0.300. The van der Waals surface area contributed by atoms with Crippen LogP contribution in [0.5, 0.6) is 5.75 Å². The molecule has 5 nitrogen and oxygen atoms in total. The fourth-order valence-electron chi connectivity index (χ4n) is 4.02. The number of ether oxygens (including phenoxy) is 1. The van der Waals surface area contributed by atoms with Crippen molar-refractivity contribution in [1.82, 2.24) is 10.2 Å². The van der Waals surface area contributed by atoms with Crippen molar-refractivity contribution in [2.45, 2.75) is 30.9 Å². The summed E-state index contributed by atoms with van der Waals surface area (Å²) in [5, 5.41) is 2.88. The molecule has 2 aliphatic rings. The molecule has 2 aromatic rings. The molecule has 27 heavy (non-hydrogen) atoms. The zero-order chi connectivity index (χ0) is 19.4. The zero-order valence-electron chi connectivity index (χ0n) is 14.9. The van der Waals surface area contributed by atoms with Crippen LogP contribution in [0.3, 0.4) is 0 Å². The predicted octanol–water partition coefficient (Wildman–Crippen LogP) is 3.75. The highest BCUT2D eigenvalue weighted by atomic mass is 79.9. The number of halogens is 2. The van der Waals surface area contributed by atoms with Gasteiger partial charge in [0.15, 0.2) is 5.54 Å². The average Bonchev–Trinajstić information content (AvgIpc) is 2.82. The number of likely N-dealkylation sites (N-methyl/N-ethyl adjacent to an activating group) is 1. The summed E-state index contributed by atoms with van der Waals surface area (Å²) in [6, 6.07) is 11.2. The summed E-state index contributed by atoms with van der Waals surface area (Å²) in [6.07, 6.45) is 0.743. The van der Waals surface area contributed by atoms with E-state index in [1.54, 1.807) is 18.2 Å². The maximum absolute atomic E-state index is 13.2. The minimum absolute atomic E-state index is 0.274. The Balaban J connectivity index is 1.80. The SMILES string of the molecule is CN1C(=O)NC2(CC(C)(Cc3ccc(F)cc3)Oc3ccc(Br)cc32)C1=O. The number of carbonyl (C=O) groups excluding carboxylic acids is 2. The van der Waals surface area contributed by atoms with E-state index in [-0.39, 0.29) is 18.1 Å². The summed E-state index contributed by atoms with van der Waals surface area (Å²) in [5.41, 5.74) is -0.416. The van der Waals surface area contributed by atoms with Gasteiger partial charge in [-0.3, -0.25) is 9.69 Å². The first-order valence-electron chi connectivity index (χ1n) is 8.56. The number of nitrogens with one attached hydrogen (secondary N) is 1. The van der Waals surface area contributed by atoms with Crippen molar-refractivity contribution in [3.05, 3.63) is 63.9 Å². The van der Waals surface area contributed by atoms with E-state index in [1.165, 1.54) is 19.2 Å². The van der Waals surface area contributed by atoms with Crippen LogP contribution in [0.2, 0.25) is 0 Å². The van der Waals surface area contributed by atoms with Crippen molar-refractivity contribution in [3.63, 3.8) is 0 Å². The second kappa shape index (κ2) is 6.05. The molecule has 2 heterocycles. The first kappa shape index (κ1) is 18.0. The van der Waals surface area contributed by atoms with Crippen LogP contribution in [0.25, 0.3) is 0 Å².